The van der Waals surface area contributed by atoms with Crippen molar-refractivity contribution in [2.75, 3.05) is 11.9 Å². The lowest BCUT2D eigenvalue weighted by Gasteiger charge is -2.43. The molecular formula is C11H10F3NO2. The van der Waals surface area contributed by atoms with Crippen LogP contribution in [-0.2, 0) is 4.74 Å². The van der Waals surface area contributed by atoms with E-state index in [0.29, 0.717) is 0 Å². The van der Waals surface area contributed by atoms with Crippen molar-refractivity contribution in [2.24, 2.45) is 0 Å². The number of hydrogen-bond donors (Lipinski definition) is 0. The van der Waals surface area contributed by atoms with Gasteiger partial charge in [-0.3, -0.25) is 0 Å². The quantitative estimate of drug-likeness (QED) is 0.658. The molecule has 0 bridgehead atoms. The van der Waals surface area contributed by atoms with E-state index in [1.807, 2.05) is 0 Å². The largest absolute Gasteiger partial charge is 0.448 e. The Morgan fingerprint density at radius 1 is 1.29 bits per heavy atom. The molecule has 2 rings (SSSR count). The summed E-state index contributed by atoms with van der Waals surface area (Å²) >= 11 is 0. The van der Waals surface area contributed by atoms with E-state index in [0.717, 1.165) is 11.8 Å². The summed E-state index contributed by atoms with van der Waals surface area (Å²) in [6, 6.07) is 6.04. The van der Waals surface area contributed by atoms with Gasteiger partial charge in [-0.05, 0) is 12.1 Å². The molecule has 1 aliphatic rings. The summed E-state index contributed by atoms with van der Waals surface area (Å²) in [5, 5.41) is 0. The van der Waals surface area contributed by atoms with Gasteiger partial charge in [0.15, 0.2) is 0 Å². The Kier molecular flexibility index (Phi) is 2.34. The lowest BCUT2D eigenvalue weighted by atomic mass is 10.1. The maximum Gasteiger partial charge on any atom is 0.448 e. The molecule has 92 valence electrons. The summed E-state index contributed by atoms with van der Waals surface area (Å²) in [5.41, 5.74) is -2.28. The predicted molar refractivity (Wildman–Crippen MR) is 54.7 cm³/mol. The Hall–Kier alpha value is -1.72. The molecule has 3 nitrogen and oxygen atoms in total. The second-order valence-electron chi connectivity index (χ2n) is 3.95. The minimum atomic E-state index is -4.66. The standard InChI is InChI=1S/C11H10F3NO2/c1-10(11(12,13)14)15(2)8-6-4-3-5-7(8)9(16)17-10/h3-6H,1-2H3/t10-/m0/s1. The topological polar surface area (TPSA) is 29.5 Å². The number of rotatable bonds is 0. The van der Waals surface area contributed by atoms with Gasteiger partial charge in [-0.1, -0.05) is 12.1 Å². The van der Waals surface area contributed by atoms with E-state index in [2.05, 4.69) is 4.74 Å². The van der Waals surface area contributed by atoms with E-state index in [-0.39, 0.29) is 11.3 Å². The second kappa shape index (κ2) is 3.38. The van der Waals surface area contributed by atoms with Crippen LogP contribution in [0.3, 0.4) is 0 Å². The fourth-order valence-corrected chi connectivity index (χ4v) is 1.72. The SMILES string of the molecule is CN1c2ccccc2C(=O)O[C@@]1(C)C(F)(F)F. The van der Waals surface area contributed by atoms with Crippen molar-refractivity contribution in [3.05, 3.63) is 29.8 Å². The van der Waals surface area contributed by atoms with Gasteiger partial charge in [0.05, 0.1) is 11.3 Å². The van der Waals surface area contributed by atoms with Crippen molar-refractivity contribution in [1.29, 1.82) is 0 Å². The third kappa shape index (κ3) is 1.55. The van der Waals surface area contributed by atoms with Crippen LogP contribution in [0.25, 0.3) is 0 Å². The molecule has 0 N–H and O–H groups in total. The van der Waals surface area contributed by atoms with Crippen LogP contribution >= 0.6 is 0 Å². The maximum absolute atomic E-state index is 12.9. The van der Waals surface area contributed by atoms with Gasteiger partial charge < -0.3 is 9.64 Å². The van der Waals surface area contributed by atoms with Crippen molar-refractivity contribution >= 4 is 11.7 Å². The summed E-state index contributed by atoms with van der Waals surface area (Å²) in [6.45, 7) is 0.834. The van der Waals surface area contributed by atoms with Crippen molar-refractivity contribution in [3.8, 4) is 0 Å². The third-order valence-electron chi connectivity index (χ3n) is 2.94. The molecule has 0 spiro atoms. The van der Waals surface area contributed by atoms with Crippen molar-refractivity contribution in [2.45, 2.75) is 18.8 Å². The lowest BCUT2D eigenvalue weighted by Crippen LogP contribution is -2.60. The van der Waals surface area contributed by atoms with Crippen molar-refractivity contribution in [1.82, 2.24) is 0 Å². The highest BCUT2D eigenvalue weighted by atomic mass is 19.4. The Morgan fingerprint density at radius 2 is 1.88 bits per heavy atom. The second-order valence-corrected chi connectivity index (χ2v) is 3.95. The van der Waals surface area contributed by atoms with Gasteiger partial charge in [-0.25, -0.2) is 4.79 Å². The van der Waals surface area contributed by atoms with Gasteiger partial charge in [0.2, 0.25) is 0 Å². The molecule has 0 amide bonds. The molecule has 1 aromatic carbocycles. The molecule has 1 atom stereocenters. The van der Waals surface area contributed by atoms with Gasteiger partial charge in [-0.2, -0.15) is 13.2 Å². The number of carbonyl (C=O) groups is 1. The molecule has 6 heteroatoms. The number of hydrogen-bond acceptors (Lipinski definition) is 3. The van der Waals surface area contributed by atoms with E-state index in [9.17, 15) is 18.0 Å². The molecule has 0 aliphatic carbocycles. The molecule has 0 saturated carbocycles. The molecule has 0 unspecified atom stereocenters. The highest BCUT2D eigenvalue weighted by molar-refractivity contribution is 5.98. The zero-order valence-corrected chi connectivity index (χ0v) is 9.21. The molecule has 0 saturated heterocycles. The van der Waals surface area contributed by atoms with Gasteiger partial charge in [0.1, 0.15) is 0 Å². The van der Waals surface area contributed by atoms with Crippen molar-refractivity contribution in [3.63, 3.8) is 0 Å². The van der Waals surface area contributed by atoms with Crippen LogP contribution in [0.2, 0.25) is 0 Å². The van der Waals surface area contributed by atoms with Gasteiger partial charge >= 0.3 is 12.1 Å². The molecule has 0 radical (unpaired) electrons. The Labute approximate surface area is 95.8 Å². The Bertz CT molecular complexity index is 472. The average Bonchev–Trinajstić information content (AvgIpc) is 2.25. The monoisotopic (exact) mass is 245 g/mol. The van der Waals surface area contributed by atoms with Gasteiger partial charge in [0.25, 0.3) is 5.72 Å². The van der Waals surface area contributed by atoms with Crippen LogP contribution in [0.1, 0.15) is 17.3 Å². The number of anilines is 1. The third-order valence-corrected chi connectivity index (χ3v) is 2.94. The zero-order valence-electron chi connectivity index (χ0n) is 9.21. The molecular weight excluding hydrogens is 235 g/mol. The number of benzene rings is 1. The van der Waals surface area contributed by atoms with E-state index in [1.54, 1.807) is 12.1 Å². The van der Waals surface area contributed by atoms with E-state index < -0.39 is 17.9 Å². The average molecular weight is 245 g/mol. The summed E-state index contributed by atoms with van der Waals surface area (Å²) < 4.78 is 43.3. The van der Waals surface area contributed by atoms with E-state index in [4.69, 9.17) is 0 Å². The fourth-order valence-electron chi connectivity index (χ4n) is 1.72. The first-order chi connectivity index (χ1) is 7.77. The minimum Gasteiger partial charge on any atom is -0.426 e. The van der Waals surface area contributed by atoms with Gasteiger partial charge in [-0.15, -0.1) is 0 Å². The van der Waals surface area contributed by atoms with Gasteiger partial charge in [0, 0.05) is 14.0 Å². The highest BCUT2D eigenvalue weighted by Crippen LogP contribution is 2.42. The lowest BCUT2D eigenvalue weighted by molar-refractivity contribution is -0.252. The number of para-hydroxylation sites is 1. The molecule has 1 aliphatic heterocycles. The Morgan fingerprint density at radius 3 is 2.47 bits per heavy atom. The van der Waals surface area contributed by atoms with Crippen LogP contribution in [-0.4, -0.2) is 24.9 Å². The Balaban J connectivity index is 2.57. The highest BCUT2D eigenvalue weighted by Gasteiger charge is 2.60. The minimum absolute atomic E-state index is 0.136. The fraction of sp³-hybridized carbons (Fsp3) is 0.364. The molecule has 1 heterocycles. The number of halogens is 3. The van der Waals surface area contributed by atoms with Crippen LogP contribution in [0.15, 0.2) is 24.3 Å². The first-order valence-corrected chi connectivity index (χ1v) is 4.90. The number of nitrogens with zero attached hydrogens (tertiary/aromatic N) is 1. The summed E-state index contributed by atoms with van der Waals surface area (Å²) in [4.78, 5) is 12.5. The van der Waals surface area contributed by atoms with Crippen LogP contribution < -0.4 is 4.90 Å². The molecule has 17 heavy (non-hydrogen) atoms. The number of ether oxygens (including phenoxy) is 1. The van der Waals surface area contributed by atoms with Crippen LogP contribution in [0.5, 0.6) is 0 Å². The maximum atomic E-state index is 12.9. The number of alkyl halides is 3. The van der Waals surface area contributed by atoms with Crippen LogP contribution in [0, 0.1) is 0 Å². The summed E-state index contributed by atoms with van der Waals surface area (Å²) in [6.07, 6.45) is -4.66. The molecule has 0 fully saturated rings. The van der Waals surface area contributed by atoms with E-state index in [1.165, 1.54) is 19.2 Å². The smallest absolute Gasteiger partial charge is 0.426 e. The van der Waals surface area contributed by atoms with Crippen LogP contribution in [0.4, 0.5) is 18.9 Å². The van der Waals surface area contributed by atoms with Crippen molar-refractivity contribution < 1.29 is 22.7 Å². The first-order valence-electron chi connectivity index (χ1n) is 4.90. The zero-order chi connectivity index (χ0) is 12.8. The number of fused-ring (bicyclic) bond motifs is 1. The predicted octanol–water partition coefficient (Wildman–Crippen LogP) is 2.57. The molecule has 0 aromatic heterocycles. The summed E-state index contributed by atoms with van der Waals surface area (Å²) in [5.74, 6) is -0.960. The first kappa shape index (κ1) is 11.8. The summed E-state index contributed by atoms with van der Waals surface area (Å²) in [7, 11) is 1.25. The number of esters is 1. The number of carbonyl (C=O) groups excluding carboxylic acids is 1. The molecule has 1 aromatic rings. The van der Waals surface area contributed by atoms with E-state index >= 15 is 0 Å². The number of cyclic esters (lactones) is 1. The normalized spacial score (nSPS) is 24.3.